The molecule has 0 saturated heterocycles. The van der Waals surface area contributed by atoms with E-state index in [0.717, 1.165) is 22.5 Å². The Bertz CT molecular complexity index is 422. The zero-order valence-corrected chi connectivity index (χ0v) is 8.87. The van der Waals surface area contributed by atoms with Crippen LogP contribution in [0.5, 0.6) is 0 Å². The summed E-state index contributed by atoms with van der Waals surface area (Å²) in [5.74, 6) is 0.917. The van der Waals surface area contributed by atoms with Gasteiger partial charge in [0.2, 0.25) is 0 Å². The number of rotatable bonds is 2. The minimum absolute atomic E-state index is 0.894. The van der Waals surface area contributed by atoms with Crippen molar-refractivity contribution in [2.45, 2.75) is 6.92 Å². The van der Waals surface area contributed by atoms with Gasteiger partial charge in [0.05, 0.1) is 6.20 Å². The van der Waals surface area contributed by atoms with Crippen LogP contribution in [0.25, 0.3) is 5.65 Å². The predicted molar refractivity (Wildman–Crippen MR) is 57.1 cm³/mol. The summed E-state index contributed by atoms with van der Waals surface area (Å²) >= 11 is 3.41. The van der Waals surface area contributed by atoms with Gasteiger partial charge in [-0.2, -0.15) is 0 Å². The molecule has 0 saturated carbocycles. The van der Waals surface area contributed by atoms with Crippen molar-refractivity contribution in [3.63, 3.8) is 0 Å². The molecule has 0 bridgehead atoms. The van der Waals surface area contributed by atoms with E-state index in [1.807, 2.05) is 28.9 Å². The highest BCUT2D eigenvalue weighted by Crippen LogP contribution is 2.14. The Kier molecular flexibility index (Phi) is 2.22. The van der Waals surface area contributed by atoms with E-state index in [1.54, 1.807) is 0 Å². The Labute approximate surface area is 84.9 Å². The second kappa shape index (κ2) is 3.38. The first-order valence-electron chi connectivity index (χ1n) is 4.17. The Hall–Kier alpha value is -1.03. The minimum atomic E-state index is 0.894. The molecule has 0 atom stereocenters. The highest BCUT2D eigenvalue weighted by Gasteiger charge is 1.99. The van der Waals surface area contributed by atoms with Gasteiger partial charge in [-0.05, 0) is 19.1 Å². The van der Waals surface area contributed by atoms with Gasteiger partial charge in [-0.3, -0.25) is 0 Å². The van der Waals surface area contributed by atoms with Crippen LogP contribution in [-0.2, 0) is 0 Å². The van der Waals surface area contributed by atoms with Crippen LogP contribution >= 0.6 is 15.9 Å². The monoisotopic (exact) mass is 239 g/mol. The Morgan fingerprint density at radius 1 is 1.62 bits per heavy atom. The SMILES string of the molecule is CCNc1cn2ccc(Br)cc2n1. The first-order valence-corrected chi connectivity index (χ1v) is 4.97. The number of aromatic nitrogens is 2. The lowest BCUT2D eigenvalue weighted by Gasteiger charge is -1.92. The summed E-state index contributed by atoms with van der Waals surface area (Å²) < 4.78 is 3.04. The number of imidazole rings is 1. The lowest BCUT2D eigenvalue weighted by atomic mass is 10.5. The fourth-order valence-electron chi connectivity index (χ4n) is 1.22. The maximum absolute atomic E-state index is 4.39. The maximum atomic E-state index is 4.39. The van der Waals surface area contributed by atoms with Crippen LogP contribution in [-0.4, -0.2) is 15.9 Å². The average Bonchev–Trinajstić information content (AvgIpc) is 2.46. The molecule has 2 aromatic heterocycles. The number of pyridine rings is 1. The van der Waals surface area contributed by atoms with Gasteiger partial charge in [0.1, 0.15) is 11.5 Å². The van der Waals surface area contributed by atoms with Gasteiger partial charge >= 0.3 is 0 Å². The van der Waals surface area contributed by atoms with Crippen molar-refractivity contribution >= 4 is 27.4 Å². The number of anilines is 1. The molecule has 0 unspecified atom stereocenters. The molecule has 0 amide bonds. The van der Waals surface area contributed by atoms with E-state index in [-0.39, 0.29) is 0 Å². The number of nitrogens with one attached hydrogen (secondary N) is 1. The normalized spacial score (nSPS) is 10.6. The van der Waals surface area contributed by atoms with Crippen molar-refractivity contribution in [1.29, 1.82) is 0 Å². The summed E-state index contributed by atoms with van der Waals surface area (Å²) in [6, 6.07) is 3.98. The summed E-state index contributed by atoms with van der Waals surface area (Å²) in [7, 11) is 0. The molecule has 0 aliphatic heterocycles. The molecule has 68 valence electrons. The van der Waals surface area contributed by atoms with Gasteiger partial charge in [0, 0.05) is 17.2 Å². The third-order valence-corrected chi connectivity index (χ3v) is 2.27. The molecule has 2 aromatic rings. The Morgan fingerprint density at radius 2 is 2.46 bits per heavy atom. The van der Waals surface area contributed by atoms with Crippen molar-refractivity contribution < 1.29 is 0 Å². The second-order valence-corrected chi connectivity index (χ2v) is 3.68. The number of halogens is 1. The molecular formula is C9H10BrN3. The molecule has 1 N–H and O–H groups in total. The molecule has 13 heavy (non-hydrogen) atoms. The van der Waals surface area contributed by atoms with E-state index in [0.29, 0.717) is 0 Å². The molecule has 4 heteroatoms. The lowest BCUT2D eigenvalue weighted by Crippen LogP contribution is -1.95. The average molecular weight is 240 g/mol. The Morgan fingerprint density at radius 3 is 3.23 bits per heavy atom. The standard InChI is InChI=1S/C9H10BrN3/c1-2-11-8-6-13-4-3-7(10)5-9(13)12-8/h3-6,11H,2H2,1H3. The van der Waals surface area contributed by atoms with Crippen molar-refractivity contribution in [2.75, 3.05) is 11.9 Å². The van der Waals surface area contributed by atoms with Crippen LogP contribution in [0.15, 0.2) is 29.0 Å². The smallest absolute Gasteiger partial charge is 0.145 e. The number of hydrogen-bond acceptors (Lipinski definition) is 2. The largest absolute Gasteiger partial charge is 0.369 e. The van der Waals surface area contributed by atoms with E-state index in [2.05, 4.69) is 33.2 Å². The first kappa shape index (κ1) is 8.56. The van der Waals surface area contributed by atoms with E-state index in [4.69, 9.17) is 0 Å². The van der Waals surface area contributed by atoms with Crippen LogP contribution in [0.1, 0.15) is 6.92 Å². The Balaban J connectivity index is 2.49. The topological polar surface area (TPSA) is 29.3 Å². The lowest BCUT2D eigenvalue weighted by molar-refractivity contribution is 1.17. The van der Waals surface area contributed by atoms with Crippen LogP contribution < -0.4 is 5.32 Å². The summed E-state index contributed by atoms with van der Waals surface area (Å²) in [5.41, 5.74) is 0.949. The van der Waals surface area contributed by atoms with Gasteiger partial charge < -0.3 is 9.72 Å². The number of hydrogen-bond donors (Lipinski definition) is 1. The van der Waals surface area contributed by atoms with Gasteiger partial charge in [-0.15, -0.1) is 0 Å². The fraction of sp³-hybridized carbons (Fsp3) is 0.222. The fourth-order valence-corrected chi connectivity index (χ4v) is 1.55. The predicted octanol–water partition coefficient (Wildman–Crippen LogP) is 2.53. The molecule has 0 spiro atoms. The summed E-state index contributed by atoms with van der Waals surface area (Å²) in [6.45, 7) is 2.95. The molecular weight excluding hydrogens is 230 g/mol. The van der Waals surface area contributed by atoms with E-state index >= 15 is 0 Å². The molecule has 0 aliphatic rings. The summed E-state index contributed by atoms with van der Waals surface area (Å²) in [4.78, 5) is 4.39. The third kappa shape index (κ3) is 1.67. The van der Waals surface area contributed by atoms with Crippen LogP contribution in [0, 0.1) is 0 Å². The second-order valence-electron chi connectivity index (χ2n) is 2.77. The molecule has 2 rings (SSSR count). The third-order valence-electron chi connectivity index (χ3n) is 1.78. The quantitative estimate of drug-likeness (QED) is 0.873. The van der Waals surface area contributed by atoms with Crippen LogP contribution in [0.3, 0.4) is 0 Å². The number of fused-ring (bicyclic) bond motifs is 1. The molecule has 0 aromatic carbocycles. The highest BCUT2D eigenvalue weighted by molar-refractivity contribution is 9.10. The zero-order valence-electron chi connectivity index (χ0n) is 7.29. The molecule has 3 nitrogen and oxygen atoms in total. The zero-order chi connectivity index (χ0) is 9.26. The highest BCUT2D eigenvalue weighted by atomic mass is 79.9. The molecule has 0 radical (unpaired) electrons. The van der Waals surface area contributed by atoms with Crippen LogP contribution in [0.2, 0.25) is 0 Å². The maximum Gasteiger partial charge on any atom is 0.145 e. The van der Waals surface area contributed by atoms with E-state index in [9.17, 15) is 0 Å². The van der Waals surface area contributed by atoms with Crippen molar-refractivity contribution in [3.05, 3.63) is 29.0 Å². The minimum Gasteiger partial charge on any atom is -0.369 e. The summed E-state index contributed by atoms with van der Waals surface area (Å²) in [6.07, 6.45) is 3.96. The van der Waals surface area contributed by atoms with Crippen molar-refractivity contribution in [1.82, 2.24) is 9.38 Å². The number of nitrogens with zero attached hydrogens (tertiary/aromatic N) is 2. The van der Waals surface area contributed by atoms with Crippen LogP contribution in [0.4, 0.5) is 5.82 Å². The molecule has 0 aliphatic carbocycles. The van der Waals surface area contributed by atoms with Crippen molar-refractivity contribution in [2.24, 2.45) is 0 Å². The van der Waals surface area contributed by atoms with Gasteiger partial charge in [-0.1, -0.05) is 15.9 Å². The van der Waals surface area contributed by atoms with E-state index < -0.39 is 0 Å². The van der Waals surface area contributed by atoms with E-state index in [1.165, 1.54) is 0 Å². The van der Waals surface area contributed by atoms with Crippen molar-refractivity contribution in [3.8, 4) is 0 Å². The van der Waals surface area contributed by atoms with Gasteiger partial charge in [0.15, 0.2) is 0 Å². The molecule has 2 heterocycles. The van der Waals surface area contributed by atoms with Gasteiger partial charge in [0.25, 0.3) is 0 Å². The summed E-state index contributed by atoms with van der Waals surface area (Å²) in [5, 5.41) is 3.17. The molecule has 0 fully saturated rings. The van der Waals surface area contributed by atoms with Gasteiger partial charge in [-0.25, -0.2) is 4.98 Å². The first-order chi connectivity index (χ1) is 6.29.